The molecule has 24 heavy (non-hydrogen) atoms. The molecule has 1 aliphatic heterocycles. The Balaban J connectivity index is 1.72. The molecular formula is C19H21N3O2. The fourth-order valence-electron chi connectivity index (χ4n) is 3.52. The molecule has 5 heteroatoms. The minimum absolute atomic E-state index is 0.151. The summed E-state index contributed by atoms with van der Waals surface area (Å²) in [6, 6.07) is 11.9. The number of amides is 1. The Morgan fingerprint density at radius 1 is 1.25 bits per heavy atom. The third-order valence-corrected chi connectivity index (χ3v) is 4.81. The highest BCUT2D eigenvalue weighted by Crippen LogP contribution is 2.26. The van der Waals surface area contributed by atoms with E-state index >= 15 is 0 Å². The summed E-state index contributed by atoms with van der Waals surface area (Å²) in [5.41, 5.74) is 1.84. The van der Waals surface area contributed by atoms with Crippen LogP contribution >= 0.6 is 0 Å². The molecule has 1 atom stereocenters. The molecule has 124 valence electrons. The number of likely N-dealkylation sites (tertiary alicyclic amines) is 1. The van der Waals surface area contributed by atoms with Gasteiger partial charge in [-0.25, -0.2) is 4.98 Å². The molecular weight excluding hydrogens is 302 g/mol. The van der Waals surface area contributed by atoms with Crippen molar-refractivity contribution in [2.75, 3.05) is 6.54 Å². The summed E-state index contributed by atoms with van der Waals surface area (Å²) < 4.78 is 7.50. The average Bonchev–Trinajstić information content (AvgIpc) is 3.23. The second kappa shape index (κ2) is 6.15. The molecule has 1 saturated heterocycles. The zero-order valence-electron chi connectivity index (χ0n) is 13.8. The van der Waals surface area contributed by atoms with Crippen LogP contribution in [0.15, 0.2) is 47.1 Å². The number of aromatic nitrogens is 2. The Kier molecular flexibility index (Phi) is 3.84. The molecule has 3 heterocycles. The van der Waals surface area contributed by atoms with E-state index in [0.717, 1.165) is 30.4 Å². The van der Waals surface area contributed by atoms with Crippen LogP contribution in [0, 0.1) is 0 Å². The van der Waals surface area contributed by atoms with Crippen molar-refractivity contribution in [3.63, 3.8) is 0 Å². The lowest BCUT2D eigenvalue weighted by Gasteiger charge is -2.33. The Bertz CT molecular complexity index is 851. The van der Waals surface area contributed by atoms with Gasteiger partial charge in [0.2, 0.25) is 5.91 Å². The number of carbonyl (C=O) groups excluding carboxylic acids is 1. The summed E-state index contributed by atoms with van der Waals surface area (Å²) in [5, 5.41) is 0. The Labute approximate surface area is 140 Å². The van der Waals surface area contributed by atoms with Crippen LogP contribution in [-0.4, -0.2) is 32.9 Å². The molecule has 1 aliphatic rings. The molecule has 5 nitrogen and oxygen atoms in total. The summed E-state index contributed by atoms with van der Waals surface area (Å²) in [4.78, 5) is 19.6. The number of rotatable bonds is 3. The molecule has 0 N–H and O–H groups in total. The van der Waals surface area contributed by atoms with Gasteiger partial charge >= 0.3 is 0 Å². The fraction of sp³-hybridized carbons (Fsp3) is 0.368. The van der Waals surface area contributed by atoms with Gasteiger partial charge in [-0.15, -0.1) is 0 Å². The summed E-state index contributed by atoms with van der Waals surface area (Å²) in [5.74, 6) is 1.54. The fourth-order valence-corrected chi connectivity index (χ4v) is 3.52. The number of fused-ring (bicyclic) bond motifs is 1. The van der Waals surface area contributed by atoms with E-state index < -0.39 is 0 Å². The van der Waals surface area contributed by atoms with E-state index in [0.29, 0.717) is 24.2 Å². The normalized spacial score (nSPS) is 18.2. The van der Waals surface area contributed by atoms with Crippen LogP contribution in [0.4, 0.5) is 0 Å². The highest BCUT2D eigenvalue weighted by atomic mass is 16.3. The SMILES string of the molecule is CC1CCCCN1C(=O)Cn1c(-c2ccco2)nc2ccccc21. The van der Waals surface area contributed by atoms with Crippen LogP contribution in [0.2, 0.25) is 0 Å². The Hall–Kier alpha value is -2.56. The first-order valence-electron chi connectivity index (χ1n) is 8.52. The number of imidazole rings is 1. The molecule has 0 radical (unpaired) electrons. The molecule has 4 rings (SSSR count). The lowest BCUT2D eigenvalue weighted by Crippen LogP contribution is -2.43. The van der Waals surface area contributed by atoms with E-state index in [9.17, 15) is 4.79 Å². The standard InChI is InChI=1S/C19H21N3O2/c1-14-7-4-5-11-21(14)18(23)13-22-16-9-3-2-8-15(16)20-19(22)17-10-6-12-24-17/h2-3,6,8-10,12,14H,4-5,7,11,13H2,1H3. The molecule has 0 bridgehead atoms. The van der Waals surface area contributed by atoms with Crippen LogP contribution in [0.1, 0.15) is 26.2 Å². The molecule has 1 unspecified atom stereocenters. The van der Waals surface area contributed by atoms with E-state index in [1.165, 1.54) is 6.42 Å². The van der Waals surface area contributed by atoms with Crippen molar-refractivity contribution in [1.82, 2.24) is 14.5 Å². The first-order chi connectivity index (χ1) is 11.7. The minimum Gasteiger partial charge on any atom is -0.461 e. The topological polar surface area (TPSA) is 51.3 Å². The van der Waals surface area contributed by atoms with Gasteiger partial charge in [0.1, 0.15) is 6.54 Å². The van der Waals surface area contributed by atoms with E-state index in [2.05, 4.69) is 11.9 Å². The molecule has 1 fully saturated rings. The molecule has 1 aromatic carbocycles. The number of carbonyl (C=O) groups is 1. The molecule has 0 saturated carbocycles. The predicted octanol–water partition coefficient (Wildman–Crippen LogP) is 3.70. The monoisotopic (exact) mass is 323 g/mol. The lowest BCUT2D eigenvalue weighted by molar-refractivity contribution is -0.134. The minimum atomic E-state index is 0.151. The number of nitrogens with zero attached hydrogens (tertiary/aromatic N) is 3. The predicted molar refractivity (Wildman–Crippen MR) is 92.5 cm³/mol. The van der Waals surface area contributed by atoms with Gasteiger partial charge in [-0.2, -0.15) is 0 Å². The molecule has 0 aliphatic carbocycles. The first kappa shape index (κ1) is 15.0. The van der Waals surface area contributed by atoms with E-state index in [1.54, 1.807) is 6.26 Å². The van der Waals surface area contributed by atoms with E-state index in [1.807, 2.05) is 45.9 Å². The molecule has 3 aromatic rings. The van der Waals surface area contributed by atoms with Crippen LogP contribution in [-0.2, 0) is 11.3 Å². The number of benzene rings is 1. The van der Waals surface area contributed by atoms with Crippen molar-refractivity contribution >= 4 is 16.9 Å². The average molecular weight is 323 g/mol. The van der Waals surface area contributed by atoms with Crippen molar-refractivity contribution in [3.8, 4) is 11.6 Å². The third-order valence-electron chi connectivity index (χ3n) is 4.81. The summed E-state index contributed by atoms with van der Waals surface area (Å²) in [7, 11) is 0. The summed E-state index contributed by atoms with van der Waals surface area (Å²) >= 11 is 0. The number of para-hydroxylation sites is 2. The van der Waals surface area contributed by atoms with Crippen molar-refractivity contribution in [1.29, 1.82) is 0 Å². The maximum atomic E-state index is 12.9. The zero-order valence-corrected chi connectivity index (χ0v) is 13.8. The zero-order chi connectivity index (χ0) is 16.5. The van der Waals surface area contributed by atoms with Crippen molar-refractivity contribution < 1.29 is 9.21 Å². The highest BCUT2D eigenvalue weighted by Gasteiger charge is 2.25. The number of piperidine rings is 1. The number of furan rings is 1. The maximum Gasteiger partial charge on any atom is 0.242 e. The van der Waals surface area contributed by atoms with Gasteiger partial charge in [0.15, 0.2) is 11.6 Å². The van der Waals surface area contributed by atoms with E-state index in [4.69, 9.17) is 4.42 Å². The Morgan fingerprint density at radius 2 is 2.12 bits per heavy atom. The van der Waals surface area contributed by atoms with Crippen LogP contribution in [0.3, 0.4) is 0 Å². The highest BCUT2D eigenvalue weighted by molar-refractivity contribution is 5.84. The summed E-state index contributed by atoms with van der Waals surface area (Å²) in [6.07, 6.45) is 5.01. The van der Waals surface area contributed by atoms with Gasteiger partial charge in [0, 0.05) is 12.6 Å². The van der Waals surface area contributed by atoms with Crippen LogP contribution < -0.4 is 0 Å². The van der Waals surface area contributed by atoms with Crippen molar-refractivity contribution in [2.45, 2.75) is 38.8 Å². The van der Waals surface area contributed by atoms with Crippen LogP contribution in [0.25, 0.3) is 22.6 Å². The van der Waals surface area contributed by atoms with Gasteiger partial charge in [0.05, 0.1) is 17.3 Å². The molecule has 2 aromatic heterocycles. The molecule has 0 spiro atoms. The summed E-state index contributed by atoms with van der Waals surface area (Å²) in [6.45, 7) is 3.28. The lowest BCUT2D eigenvalue weighted by atomic mass is 10.0. The number of hydrogen-bond acceptors (Lipinski definition) is 3. The first-order valence-corrected chi connectivity index (χ1v) is 8.52. The second-order valence-corrected chi connectivity index (χ2v) is 6.42. The second-order valence-electron chi connectivity index (χ2n) is 6.42. The van der Waals surface area contributed by atoms with Gasteiger partial charge < -0.3 is 13.9 Å². The Morgan fingerprint density at radius 3 is 2.92 bits per heavy atom. The van der Waals surface area contributed by atoms with Crippen molar-refractivity contribution in [3.05, 3.63) is 42.7 Å². The maximum absolute atomic E-state index is 12.9. The van der Waals surface area contributed by atoms with Gasteiger partial charge in [0.25, 0.3) is 0 Å². The van der Waals surface area contributed by atoms with E-state index in [-0.39, 0.29) is 5.91 Å². The smallest absolute Gasteiger partial charge is 0.242 e. The quantitative estimate of drug-likeness (QED) is 0.738. The third kappa shape index (κ3) is 2.60. The largest absolute Gasteiger partial charge is 0.461 e. The van der Waals surface area contributed by atoms with Crippen molar-refractivity contribution in [2.24, 2.45) is 0 Å². The van der Waals surface area contributed by atoms with Gasteiger partial charge in [-0.05, 0) is 50.5 Å². The van der Waals surface area contributed by atoms with Crippen LogP contribution in [0.5, 0.6) is 0 Å². The molecule has 1 amide bonds. The number of hydrogen-bond donors (Lipinski definition) is 0. The van der Waals surface area contributed by atoms with Gasteiger partial charge in [-0.1, -0.05) is 12.1 Å². The van der Waals surface area contributed by atoms with Gasteiger partial charge in [-0.3, -0.25) is 4.79 Å².